The van der Waals surface area contributed by atoms with Gasteiger partial charge in [0.1, 0.15) is 35.2 Å². The van der Waals surface area contributed by atoms with Crippen molar-refractivity contribution >= 4 is 28.8 Å². The quantitative estimate of drug-likeness (QED) is 0.0459. The summed E-state index contributed by atoms with van der Waals surface area (Å²) in [7, 11) is -2.00. The molecule has 1 aromatic heterocycles. The van der Waals surface area contributed by atoms with Gasteiger partial charge in [0.15, 0.2) is 0 Å². The van der Waals surface area contributed by atoms with Crippen LogP contribution in [0.15, 0.2) is 187 Å². The van der Waals surface area contributed by atoms with E-state index in [2.05, 4.69) is 34.6 Å². The highest BCUT2D eigenvalue weighted by Gasteiger charge is 2.45. The van der Waals surface area contributed by atoms with Crippen LogP contribution >= 0.6 is 7.60 Å². The second kappa shape index (κ2) is 21.2. The molecule has 0 bridgehead atoms. The molecule has 4 atom stereocenters. The maximum Gasteiger partial charge on any atom is 0.351 e. The molecule has 1 aliphatic rings. The van der Waals surface area contributed by atoms with Crippen LogP contribution in [-0.2, 0) is 24.2 Å². The molecule has 2 heterocycles. The van der Waals surface area contributed by atoms with E-state index in [0.29, 0.717) is 23.1 Å². The number of hydrogen-bond acceptors (Lipinski definition) is 9. The monoisotopic (exact) mass is 921 g/mol. The second-order valence-corrected chi connectivity index (χ2v) is 20.1. The lowest BCUT2D eigenvalue weighted by Crippen LogP contribution is -2.38. The van der Waals surface area contributed by atoms with E-state index in [1.54, 1.807) is 44.6 Å². The third kappa shape index (κ3) is 10.8. The third-order valence-corrected chi connectivity index (χ3v) is 16.2. The predicted molar refractivity (Wildman–Crippen MR) is 257 cm³/mol. The molecule has 66 heavy (non-hydrogen) atoms. The molecule has 0 radical (unpaired) electrons. The zero-order valence-electron chi connectivity index (χ0n) is 36.7. The summed E-state index contributed by atoms with van der Waals surface area (Å²) >= 11 is 0. The normalized spacial score (nSPS) is 17.1. The number of anilines is 1. The van der Waals surface area contributed by atoms with Crippen molar-refractivity contribution in [1.82, 2.24) is 9.55 Å². The van der Waals surface area contributed by atoms with Gasteiger partial charge in [-0.15, -0.1) is 0 Å². The van der Waals surface area contributed by atoms with Crippen molar-refractivity contribution in [1.29, 1.82) is 0 Å². The topological polar surface area (TPSA) is 147 Å². The van der Waals surface area contributed by atoms with Gasteiger partial charge in [-0.2, -0.15) is 4.98 Å². The summed E-state index contributed by atoms with van der Waals surface area (Å²) < 4.78 is 46.7. The summed E-state index contributed by atoms with van der Waals surface area (Å²) in [5, 5.41) is 2.68. The van der Waals surface area contributed by atoms with E-state index in [4.69, 9.17) is 23.5 Å². The molecule has 1 aliphatic heterocycles. The fraction of sp³-hybridized carbons (Fsp3) is 0.212. The Morgan fingerprint density at radius 2 is 1.29 bits per heavy atom. The van der Waals surface area contributed by atoms with Gasteiger partial charge in [0, 0.05) is 33.9 Å². The molecule has 6 aromatic carbocycles. The van der Waals surface area contributed by atoms with Gasteiger partial charge >= 0.3 is 13.3 Å². The molecule has 1 amide bonds. The fourth-order valence-corrected chi connectivity index (χ4v) is 13.2. The number of amides is 1. The van der Waals surface area contributed by atoms with E-state index in [0.717, 1.165) is 16.7 Å². The highest BCUT2D eigenvalue weighted by atomic mass is 31.2. The first kappa shape index (κ1) is 46.1. The van der Waals surface area contributed by atoms with Crippen molar-refractivity contribution in [2.24, 2.45) is 0 Å². The number of methoxy groups -OCH3 is 2. The Balaban J connectivity index is 1.10. The zero-order chi connectivity index (χ0) is 45.9. The molecular weight excluding hydrogens is 870 g/mol. The fourth-order valence-electron chi connectivity index (χ4n) is 8.55. The summed E-state index contributed by atoms with van der Waals surface area (Å²) in [6.45, 7) is -0.125. The number of nitrogens with zero attached hydrogens (tertiary/aromatic N) is 2. The van der Waals surface area contributed by atoms with Gasteiger partial charge in [-0.3, -0.25) is 13.9 Å². The van der Waals surface area contributed by atoms with Crippen LogP contribution in [0.3, 0.4) is 0 Å². The lowest BCUT2D eigenvalue weighted by molar-refractivity contribution is -0.0922. The van der Waals surface area contributed by atoms with E-state index in [-0.39, 0.29) is 30.5 Å². The Hall–Kier alpha value is -6.44. The van der Waals surface area contributed by atoms with Crippen molar-refractivity contribution in [2.45, 2.75) is 42.0 Å². The smallest absolute Gasteiger partial charge is 0.351 e. The standard InChI is InChI=1S/C52H52N3O9PSi/c1-60-43-27-23-41(24-28-43)52(40-21-13-6-14-22-40,42-25-29-44(61-2)30-26-42)62-36-46-45(35-48(63-46)55-32-31-47(54-51(55)57)53-50(56)39-19-11-5-12-20-39)64-65(58,59)33-34-66-49(37-15-7-3-8-16-37)38-17-9-4-10-18-38/h3-32,45-46,48-49H,33-36,66H2,1-2H3,(H,58,59)(H,53,54,56,57)/t45-,46+,48+/m0/s1. The minimum atomic E-state index is -4.24. The van der Waals surface area contributed by atoms with E-state index in [9.17, 15) is 19.0 Å². The van der Waals surface area contributed by atoms with Gasteiger partial charge in [0.25, 0.3) is 5.91 Å². The lowest BCUT2D eigenvalue weighted by atomic mass is 9.80. The van der Waals surface area contributed by atoms with Gasteiger partial charge in [-0.05, 0) is 75.8 Å². The molecule has 2 N–H and O–H groups in total. The van der Waals surface area contributed by atoms with Crippen LogP contribution in [0.5, 0.6) is 11.5 Å². The van der Waals surface area contributed by atoms with Crippen molar-refractivity contribution in [3.63, 3.8) is 0 Å². The molecule has 1 fully saturated rings. The Morgan fingerprint density at radius 3 is 1.82 bits per heavy atom. The molecular formula is C52H52N3O9PSi. The van der Waals surface area contributed by atoms with Crippen LogP contribution in [-0.4, -0.2) is 69.1 Å². The predicted octanol–water partition coefficient (Wildman–Crippen LogP) is 8.76. The minimum absolute atomic E-state index is 0.0351. The minimum Gasteiger partial charge on any atom is -0.497 e. The summed E-state index contributed by atoms with van der Waals surface area (Å²) in [6, 6.07) is 56.1. The second-order valence-electron chi connectivity index (χ2n) is 16.0. The number of nitrogens with one attached hydrogen (secondary N) is 1. The van der Waals surface area contributed by atoms with E-state index < -0.39 is 52.7 Å². The van der Waals surface area contributed by atoms with Crippen LogP contribution < -0.4 is 20.5 Å². The first-order chi connectivity index (χ1) is 32.2. The number of rotatable bonds is 19. The van der Waals surface area contributed by atoms with Gasteiger partial charge in [-0.25, -0.2) is 4.79 Å². The van der Waals surface area contributed by atoms with Gasteiger partial charge in [0.05, 0.1) is 26.9 Å². The van der Waals surface area contributed by atoms with Crippen LogP contribution in [0.2, 0.25) is 6.04 Å². The molecule has 0 spiro atoms. The number of aromatic nitrogens is 2. The van der Waals surface area contributed by atoms with Crippen LogP contribution in [0, 0.1) is 0 Å². The number of hydrogen-bond donors (Lipinski definition) is 2. The lowest BCUT2D eigenvalue weighted by Gasteiger charge is -2.37. The Bertz CT molecular complexity index is 2680. The first-order valence-electron chi connectivity index (χ1n) is 21.9. The molecule has 14 heteroatoms. The first-order valence-corrected chi connectivity index (χ1v) is 25.4. The summed E-state index contributed by atoms with van der Waals surface area (Å²) in [4.78, 5) is 42.4. The zero-order valence-corrected chi connectivity index (χ0v) is 39.0. The van der Waals surface area contributed by atoms with Crippen molar-refractivity contribution in [3.05, 3.63) is 226 Å². The maximum absolute atomic E-state index is 14.2. The molecule has 7 aromatic rings. The third-order valence-electron chi connectivity index (χ3n) is 11.9. The average molecular weight is 922 g/mol. The van der Waals surface area contributed by atoms with Crippen molar-refractivity contribution in [2.75, 3.05) is 32.3 Å². The number of carbonyl (C=O) groups is 1. The van der Waals surface area contributed by atoms with Gasteiger partial charge in [0.2, 0.25) is 0 Å². The molecule has 0 aliphatic carbocycles. The molecule has 12 nitrogen and oxygen atoms in total. The SMILES string of the molecule is COc1ccc(C(OC[C@H]2O[C@@H](n3ccc(NC(=O)c4ccccc4)nc3=O)C[C@@H]2OP(=O)(O)CC[SiH2]C(c2ccccc2)c2ccccc2)(c2ccccc2)c2ccc(OC)cc2)cc1. The average Bonchev–Trinajstić information content (AvgIpc) is 3.75. The summed E-state index contributed by atoms with van der Waals surface area (Å²) in [5.74, 6) is 0.974. The number of benzene rings is 6. The van der Waals surface area contributed by atoms with Gasteiger partial charge in [-0.1, -0.05) is 140 Å². The number of carbonyl (C=O) groups excluding carboxylic acids is 1. The molecule has 0 saturated carbocycles. The Labute approximate surface area is 386 Å². The Morgan fingerprint density at radius 1 is 0.773 bits per heavy atom. The van der Waals surface area contributed by atoms with E-state index in [1.807, 2.05) is 115 Å². The summed E-state index contributed by atoms with van der Waals surface area (Å²) in [5.41, 5.74) is 3.36. The Kier molecular flexibility index (Phi) is 14.8. The molecule has 338 valence electrons. The van der Waals surface area contributed by atoms with Crippen LogP contribution in [0.1, 0.15) is 56.4 Å². The molecule has 8 rings (SSSR count). The highest BCUT2D eigenvalue weighted by Crippen LogP contribution is 2.49. The van der Waals surface area contributed by atoms with Crippen molar-refractivity contribution in [3.8, 4) is 11.5 Å². The van der Waals surface area contributed by atoms with Crippen molar-refractivity contribution < 1.29 is 37.7 Å². The van der Waals surface area contributed by atoms with E-state index in [1.165, 1.54) is 28.0 Å². The van der Waals surface area contributed by atoms with E-state index >= 15 is 0 Å². The number of ether oxygens (including phenoxy) is 4. The van der Waals surface area contributed by atoms with Gasteiger partial charge < -0.3 is 33.7 Å². The molecule has 1 unspecified atom stereocenters. The largest absolute Gasteiger partial charge is 0.497 e. The summed E-state index contributed by atoms with van der Waals surface area (Å²) in [6.07, 6.45) is -1.39. The maximum atomic E-state index is 14.2. The highest BCUT2D eigenvalue weighted by molar-refractivity contribution is 7.52. The molecule has 1 saturated heterocycles. The van der Waals surface area contributed by atoms with Crippen LogP contribution in [0.25, 0.3) is 0 Å². The van der Waals surface area contributed by atoms with Crippen LogP contribution in [0.4, 0.5) is 5.82 Å².